The second-order valence-electron chi connectivity index (χ2n) is 13.8. The first kappa shape index (κ1) is 31.2. The number of H-pyrrole nitrogens is 1. The Bertz CT molecular complexity index is 2280. The molecule has 0 radical (unpaired) electrons. The average Bonchev–Trinajstić information content (AvgIpc) is 3.73. The first-order valence-corrected chi connectivity index (χ1v) is 17.2. The number of hydrogen-bond acceptors (Lipinski definition) is 7. The molecule has 6 heterocycles. The number of imidazole rings is 1. The molecule has 3 aliphatic rings. The molecule has 2 amide bonds. The van der Waals surface area contributed by atoms with Gasteiger partial charge in [0, 0.05) is 66.8 Å². The Labute approximate surface area is 293 Å². The zero-order valence-corrected chi connectivity index (χ0v) is 28.0. The van der Waals surface area contributed by atoms with Gasteiger partial charge in [-0.2, -0.15) is 0 Å². The molecule has 256 valence electrons. The summed E-state index contributed by atoms with van der Waals surface area (Å²) in [6.07, 6.45) is 4.33. The molecule has 0 unspecified atom stereocenters. The van der Waals surface area contributed by atoms with Gasteiger partial charge in [-0.3, -0.25) is 9.59 Å². The minimum absolute atomic E-state index is 0.235. The van der Waals surface area contributed by atoms with E-state index in [1.54, 1.807) is 41.4 Å². The van der Waals surface area contributed by atoms with Gasteiger partial charge >= 0.3 is 0 Å². The Morgan fingerprint density at radius 2 is 1.78 bits per heavy atom. The molecular weight excluding hydrogens is 647 g/mol. The molecule has 2 N–H and O–H groups in total. The monoisotopic (exact) mass is 682 g/mol. The van der Waals surface area contributed by atoms with Crippen LogP contribution in [0.4, 0.5) is 21.6 Å². The summed E-state index contributed by atoms with van der Waals surface area (Å²) in [5.41, 5.74) is 6.28. The van der Waals surface area contributed by atoms with Gasteiger partial charge in [-0.15, -0.1) is 0 Å². The van der Waals surface area contributed by atoms with Crippen LogP contribution in [-0.4, -0.2) is 59.6 Å². The molecule has 2 saturated heterocycles. The second-order valence-corrected chi connectivity index (χ2v) is 13.8. The maximum Gasteiger partial charge on any atom is 0.259 e. The van der Waals surface area contributed by atoms with E-state index in [1.165, 1.54) is 12.1 Å². The summed E-state index contributed by atoms with van der Waals surface area (Å²) in [7, 11) is 0. The van der Waals surface area contributed by atoms with Crippen LogP contribution >= 0.6 is 0 Å². The number of fused-ring (bicyclic) bond motifs is 4. The van der Waals surface area contributed by atoms with Gasteiger partial charge in [0.2, 0.25) is 0 Å². The van der Waals surface area contributed by atoms with Crippen LogP contribution in [-0.2, 0) is 11.2 Å². The molecule has 10 nitrogen and oxygen atoms in total. The lowest BCUT2D eigenvalue weighted by Gasteiger charge is -2.53. The number of hydrogen-bond donors (Lipinski definition) is 2. The highest BCUT2D eigenvalue weighted by molar-refractivity contribution is 6.10. The van der Waals surface area contributed by atoms with Crippen molar-refractivity contribution in [1.29, 1.82) is 0 Å². The molecule has 3 aromatic heterocycles. The van der Waals surface area contributed by atoms with Crippen LogP contribution in [0.1, 0.15) is 44.7 Å². The summed E-state index contributed by atoms with van der Waals surface area (Å²) >= 11 is 0. The number of carbonyl (C=O) groups is 2. The van der Waals surface area contributed by atoms with E-state index in [0.29, 0.717) is 64.2 Å². The number of pyridine rings is 1. The fourth-order valence-electron chi connectivity index (χ4n) is 7.58. The molecule has 9 rings (SSSR count). The number of carbonyl (C=O) groups excluding carboxylic acids is 2. The normalized spacial score (nSPS) is 16.4. The third-order valence-corrected chi connectivity index (χ3v) is 10.3. The van der Waals surface area contributed by atoms with Crippen LogP contribution in [0.25, 0.3) is 33.9 Å². The molecule has 3 aliphatic heterocycles. The maximum atomic E-state index is 14.7. The molecule has 0 saturated carbocycles. The van der Waals surface area contributed by atoms with Crippen LogP contribution in [0.2, 0.25) is 0 Å². The maximum absolute atomic E-state index is 14.7. The highest BCUT2D eigenvalue weighted by atomic mass is 19.1. The van der Waals surface area contributed by atoms with Gasteiger partial charge in [-0.25, -0.2) is 14.4 Å². The lowest BCUT2D eigenvalue weighted by Crippen LogP contribution is -2.59. The number of halogens is 1. The van der Waals surface area contributed by atoms with E-state index < -0.39 is 5.82 Å². The Morgan fingerprint density at radius 1 is 0.980 bits per heavy atom. The van der Waals surface area contributed by atoms with Crippen molar-refractivity contribution in [3.63, 3.8) is 0 Å². The number of anilines is 3. The lowest BCUT2D eigenvalue weighted by atomic mass is 9.73. The van der Waals surface area contributed by atoms with Crippen molar-refractivity contribution in [1.82, 2.24) is 15.0 Å². The van der Waals surface area contributed by atoms with Crippen LogP contribution in [0.3, 0.4) is 0 Å². The van der Waals surface area contributed by atoms with Gasteiger partial charge in [-0.05, 0) is 98.5 Å². The van der Waals surface area contributed by atoms with E-state index in [2.05, 4.69) is 25.2 Å². The predicted octanol–water partition coefficient (Wildman–Crippen LogP) is 7.40. The van der Waals surface area contributed by atoms with Gasteiger partial charge in [0.25, 0.3) is 11.8 Å². The number of amides is 2. The summed E-state index contributed by atoms with van der Waals surface area (Å²) in [4.78, 5) is 44.0. The molecule has 6 aromatic rings. The van der Waals surface area contributed by atoms with E-state index in [-0.39, 0.29) is 17.2 Å². The molecule has 0 aliphatic carbocycles. The predicted molar refractivity (Wildman–Crippen MR) is 193 cm³/mol. The molecular formula is C40H35FN6O4. The minimum Gasteiger partial charge on any atom is -0.452 e. The summed E-state index contributed by atoms with van der Waals surface area (Å²) in [6, 6.07) is 22.7. The number of ether oxygens (including phenoxy) is 1. The van der Waals surface area contributed by atoms with Crippen molar-refractivity contribution >= 4 is 40.0 Å². The number of rotatable bonds is 5. The van der Waals surface area contributed by atoms with Gasteiger partial charge in [-0.1, -0.05) is 12.1 Å². The number of furan rings is 1. The zero-order valence-electron chi connectivity index (χ0n) is 28.0. The van der Waals surface area contributed by atoms with E-state index in [4.69, 9.17) is 9.15 Å². The Balaban J connectivity index is 0.940. The van der Waals surface area contributed by atoms with Gasteiger partial charge < -0.3 is 29.3 Å². The number of aromatic nitrogens is 3. The summed E-state index contributed by atoms with van der Waals surface area (Å²) in [5, 5.41) is 2.99. The van der Waals surface area contributed by atoms with E-state index >= 15 is 0 Å². The van der Waals surface area contributed by atoms with Crippen molar-refractivity contribution < 1.29 is 23.1 Å². The smallest absolute Gasteiger partial charge is 0.259 e. The number of aryl methyl sites for hydroxylation is 1. The fourth-order valence-corrected chi connectivity index (χ4v) is 7.58. The fraction of sp³-hybridized carbons (Fsp3) is 0.250. The van der Waals surface area contributed by atoms with Crippen LogP contribution in [0, 0.1) is 18.2 Å². The van der Waals surface area contributed by atoms with E-state index in [0.717, 1.165) is 61.3 Å². The SMILES string of the molecule is Cc1cnc(N2CC3(CCOCC3)C2)c(C(=O)Nc2ccc(C(=O)N3CCc4cc(-c5nc6ccccc6[nH]5)oc4-c4ccc(F)cc43)cc2)c1. The molecule has 0 atom stereocenters. The summed E-state index contributed by atoms with van der Waals surface area (Å²) < 4.78 is 26.6. The van der Waals surface area contributed by atoms with E-state index in [1.807, 2.05) is 43.3 Å². The number of aromatic amines is 1. The molecule has 1 spiro atoms. The minimum atomic E-state index is -0.455. The van der Waals surface area contributed by atoms with E-state index in [9.17, 15) is 14.0 Å². The molecule has 3 aromatic carbocycles. The van der Waals surface area contributed by atoms with Crippen molar-refractivity contribution in [2.45, 2.75) is 26.2 Å². The quantitative estimate of drug-likeness (QED) is 0.195. The van der Waals surface area contributed by atoms with Crippen LogP contribution in [0.15, 0.2) is 89.5 Å². The van der Waals surface area contributed by atoms with Crippen molar-refractivity contribution in [3.05, 3.63) is 113 Å². The average molecular weight is 683 g/mol. The first-order valence-electron chi connectivity index (χ1n) is 17.2. The number of nitrogens with zero attached hydrogens (tertiary/aromatic N) is 4. The molecule has 0 bridgehead atoms. The highest BCUT2D eigenvalue weighted by Gasteiger charge is 2.45. The van der Waals surface area contributed by atoms with Gasteiger partial charge in [0.1, 0.15) is 17.4 Å². The van der Waals surface area contributed by atoms with Crippen molar-refractivity contribution in [2.24, 2.45) is 5.41 Å². The largest absolute Gasteiger partial charge is 0.452 e. The van der Waals surface area contributed by atoms with Crippen molar-refractivity contribution in [3.8, 4) is 22.9 Å². The van der Waals surface area contributed by atoms with Gasteiger partial charge in [0.05, 0.1) is 22.3 Å². The standard InChI is InChI=1S/C40H35FN6O4/c1-24-18-30(37(42-21-24)46-22-40(23-46)13-16-50-17-14-40)38(48)43-28-9-6-25(7-10-28)39(49)47-15-12-26-19-34(36-44-31-4-2-3-5-32(31)45-36)51-35(26)29-11-8-27(41)20-33(29)47/h2-11,18-21H,12-17,22-23H2,1H3,(H,43,48)(H,44,45). The molecule has 11 heteroatoms. The van der Waals surface area contributed by atoms with Crippen LogP contribution in [0.5, 0.6) is 0 Å². The highest BCUT2D eigenvalue weighted by Crippen LogP contribution is 2.43. The Morgan fingerprint density at radius 3 is 2.59 bits per heavy atom. The topological polar surface area (TPSA) is 117 Å². The lowest BCUT2D eigenvalue weighted by molar-refractivity contribution is -0.000510. The van der Waals surface area contributed by atoms with Crippen molar-refractivity contribution in [2.75, 3.05) is 48.0 Å². The number of benzene rings is 3. The summed E-state index contributed by atoms with van der Waals surface area (Å²) in [6.45, 7) is 5.50. The summed E-state index contributed by atoms with van der Waals surface area (Å²) in [5.74, 6) is 1.44. The second kappa shape index (κ2) is 12.2. The Hall–Kier alpha value is -5.81. The zero-order chi connectivity index (χ0) is 34.7. The third-order valence-electron chi connectivity index (χ3n) is 10.3. The number of nitrogens with one attached hydrogen (secondary N) is 2. The van der Waals surface area contributed by atoms with Crippen LogP contribution < -0.4 is 15.1 Å². The first-order chi connectivity index (χ1) is 24.8. The number of para-hydroxylation sites is 2. The molecule has 51 heavy (non-hydrogen) atoms. The van der Waals surface area contributed by atoms with Gasteiger partial charge in [0.15, 0.2) is 11.6 Å². The third kappa shape index (κ3) is 5.63. The Kier molecular flexibility index (Phi) is 7.46. The molecule has 2 fully saturated rings.